The van der Waals surface area contributed by atoms with Crippen molar-refractivity contribution in [1.29, 1.82) is 0 Å². The van der Waals surface area contributed by atoms with Gasteiger partial charge in [0.2, 0.25) is 5.91 Å². The smallest absolute Gasteiger partial charge is 0.223 e. The van der Waals surface area contributed by atoms with E-state index in [4.69, 9.17) is 10.5 Å². The standard InChI is InChI=1S/C19H29N3O3/c1-13-5-4-6-18(14(13)2)25-17-7-9-22(10-8-17)12-16(11-19(20)24)21-15(3)23/h4-6,15,17,23H,7-12H2,1-3H3,(H2,20,24). The molecule has 1 atom stereocenters. The van der Waals surface area contributed by atoms with Crippen LogP contribution in [0, 0.1) is 13.8 Å². The molecule has 0 aliphatic carbocycles. The molecule has 6 heteroatoms. The van der Waals surface area contributed by atoms with Gasteiger partial charge in [-0.15, -0.1) is 0 Å². The highest BCUT2D eigenvalue weighted by Gasteiger charge is 2.22. The fourth-order valence-electron chi connectivity index (χ4n) is 3.08. The molecular formula is C19H29N3O3. The Balaban J connectivity index is 1.88. The van der Waals surface area contributed by atoms with Crippen LogP contribution in [0.15, 0.2) is 23.2 Å². The molecule has 1 fully saturated rings. The first-order valence-corrected chi connectivity index (χ1v) is 8.82. The number of aryl methyl sites for hydroxylation is 1. The van der Waals surface area contributed by atoms with Gasteiger partial charge >= 0.3 is 0 Å². The first-order chi connectivity index (χ1) is 11.8. The Morgan fingerprint density at radius 2 is 2.08 bits per heavy atom. The Morgan fingerprint density at radius 3 is 2.68 bits per heavy atom. The second-order valence-corrected chi connectivity index (χ2v) is 6.76. The maximum absolute atomic E-state index is 11.2. The van der Waals surface area contributed by atoms with Crippen LogP contribution in [0.2, 0.25) is 0 Å². The van der Waals surface area contributed by atoms with E-state index in [9.17, 15) is 9.90 Å². The van der Waals surface area contributed by atoms with E-state index in [1.54, 1.807) is 6.92 Å². The number of hydrogen-bond acceptors (Lipinski definition) is 5. The number of likely N-dealkylation sites (tertiary alicyclic amines) is 1. The Kier molecular flexibility index (Phi) is 6.96. The zero-order valence-corrected chi connectivity index (χ0v) is 15.4. The van der Waals surface area contributed by atoms with Gasteiger partial charge in [0.15, 0.2) is 0 Å². The Morgan fingerprint density at radius 1 is 1.40 bits per heavy atom. The molecule has 0 saturated carbocycles. The molecule has 6 nitrogen and oxygen atoms in total. The van der Waals surface area contributed by atoms with E-state index in [1.807, 2.05) is 12.1 Å². The number of primary amides is 1. The maximum Gasteiger partial charge on any atom is 0.223 e. The van der Waals surface area contributed by atoms with Gasteiger partial charge in [0.25, 0.3) is 0 Å². The number of nitrogens with zero attached hydrogens (tertiary/aromatic N) is 2. The van der Waals surface area contributed by atoms with Crippen LogP contribution in [-0.2, 0) is 4.79 Å². The quantitative estimate of drug-likeness (QED) is 0.736. The van der Waals surface area contributed by atoms with Crippen LogP contribution in [0.5, 0.6) is 5.75 Å². The fourth-order valence-corrected chi connectivity index (χ4v) is 3.08. The number of rotatable bonds is 7. The highest BCUT2D eigenvalue weighted by Crippen LogP contribution is 2.24. The van der Waals surface area contributed by atoms with Crippen molar-refractivity contribution in [2.24, 2.45) is 10.7 Å². The molecule has 1 aromatic rings. The zero-order chi connectivity index (χ0) is 18.4. The van der Waals surface area contributed by atoms with E-state index in [0.717, 1.165) is 31.7 Å². The van der Waals surface area contributed by atoms with Crippen molar-refractivity contribution < 1.29 is 14.6 Å². The SMILES string of the molecule is Cc1cccc(OC2CCN(CC(CC(N)=O)=NC(C)O)CC2)c1C. The highest BCUT2D eigenvalue weighted by atomic mass is 16.5. The molecule has 2 rings (SSSR count). The second-order valence-electron chi connectivity index (χ2n) is 6.76. The van der Waals surface area contributed by atoms with E-state index >= 15 is 0 Å². The van der Waals surface area contributed by atoms with E-state index in [-0.39, 0.29) is 12.5 Å². The number of nitrogens with two attached hydrogens (primary N) is 1. The number of amides is 1. The van der Waals surface area contributed by atoms with E-state index in [0.29, 0.717) is 12.3 Å². The van der Waals surface area contributed by atoms with Gasteiger partial charge in [-0.3, -0.25) is 14.7 Å². The van der Waals surface area contributed by atoms with Crippen LogP contribution < -0.4 is 10.5 Å². The molecule has 1 aliphatic rings. The minimum Gasteiger partial charge on any atom is -0.490 e. The number of carbonyl (C=O) groups excluding carboxylic acids is 1. The van der Waals surface area contributed by atoms with E-state index in [2.05, 4.69) is 29.8 Å². The first-order valence-electron chi connectivity index (χ1n) is 8.82. The molecule has 1 amide bonds. The summed E-state index contributed by atoms with van der Waals surface area (Å²) in [5.74, 6) is 0.538. The third-order valence-corrected chi connectivity index (χ3v) is 4.54. The molecule has 1 saturated heterocycles. The monoisotopic (exact) mass is 347 g/mol. The van der Waals surface area contributed by atoms with Gasteiger partial charge in [-0.25, -0.2) is 0 Å². The summed E-state index contributed by atoms with van der Waals surface area (Å²) in [5.41, 5.74) is 8.33. The molecule has 1 aliphatic heterocycles. The average molecular weight is 347 g/mol. The highest BCUT2D eigenvalue weighted by molar-refractivity contribution is 6.01. The van der Waals surface area contributed by atoms with Crippen LogP contribution in [0.1, 0.15) is 37.3 Å². The van der Waals surface area contributed by atoms with Crippen molar-refractivity contribution in [3.8, 4) is 5.75 Å². The molecule has 0 radical (unpaired) electrons. The topological polar surface area (TPSA) is 88.2 Å². The van der Waals surface area contributed by atoms with Gasteiger partial charge < -0.3 is 15.6 Å². The van der Waals surface area contributed by atoms with Crippen LogP contribution in [0.4, 0.5) is 0 Å². The van der Waals surface area contributed by atoms with Crippen LogP contribution in [-0.4, -0.2) is 53.6 Å². The van der Waals surface area contributed by atoms with Gasteiger partial charge in [0.1, 0.15) is 18.1 Å². The third kappa shape index (κ3) is 6.14. The lowest BCUT2D eigenvalue weighted by atomic mass is 10.1. The Bertz CT molecular complexity index is 620. The molecule has 1 heterocycles. The van der Waals surface area contributed by atoms with Crippen molar-refractivity contribution >= 4 is 11.6 Å². The molecule has 138 valence electrons. The van der Waals surface area contributed by atoms with E-state index < -0.39 is 12.1 Å². The molecule has 25 heavy (non-hydrogen) atoms. The zero-order valence-electron chi connectivity index (χ0n) is 15.4. The summed E-state index contributed by atoms with van der Waals surface area (Å²) in [4.78, 5) is 17.5. The summed E-state index contributed by atoms with van der Waals surface area (Å²) in [5, 5.41) is 9.44. The normalized spacial score (nSPS) is 18.2. The van der Waals surface area contributed by atoms with Gasteiger partial charge in [0, 0.05) is 25.3 Å². The number of hydrogen-bond donors (Lipinski definition) is 2. The summed E-state index contributed by atoms with van der Waals surface area (Å²) < 4.78 is 6.18. The van der Waals surface area contributed by atoms with Crippen molar-refractivity contribution in [3.05, 3.63) is 29.3 Å². The molecule has 1 unspecified atom stereocenters. The molecule has 1 aromatic carbocycles. The summed E-state index contributed by atoms with van der Waals surface area (Å²) in [6.07, 6.45) is 1.31. The third-order valence-electron chi connectivity index (χ3n) is 4.54. The summed E-state index contributed by atoms with van der Waals surface area (Å²) >= 11 is 0. The lowest BCUT2D eigenvalue weighted by Crippen LogP contribution is -2.41. The summed E-state index contributed by atoms with van der Waals surface area (Å²) in [6.45, 7) is 8.05. The van der Waals surface area contributed by atoms with Crippen LogP contribution >= 0.6 is 0 Å². The molecule has 0 bridgehead atoms. The van der Waals surface area contributed by atoms with Crippen molar-refractivity contribution in [3.63, 3.8) is 0 Å². The largest absolute Gasteiger partial charge is 0.490 e. The average Bonchev–Trinajstić information content (AvgIpc) is 2.52. The summed E-state index contributed by atoms with van der Waals surface area (Å²) in [6, 6.07) is 6.14. The van der Waals surface area contributed by atoms with E-state index in [1.165, 1.54) is 11.1 Å². The van der Waals surface area contributed by atoms with Crippen molar-refractivity contribution in [1.82, 2.24) is 4.90 Å². The number of ether oxygens (including phenoxy) is 1. The minimum atomic E-state index is -0.820. The molecular weight excluding hydrogens is 318 g/mol. The van der Waals surface area contributed by atoms with Crippen molar-refractivity contribution in [2.75, 3.05) is 19.6 Å². The van der Waals surface area contributed by atoms with Gasteiger partial charge in [-0.1, -0.05) is 12.1 Å². The second kappa shape index (κ2) is 8.97. The van der Waals surface area contributed by atoms with Gasteiger partial charge in [-0.05, 0) is 50.8 Å². The number of carbonyl (C=O) groups is 1. The number of piperidine rings is 1. The number of aliphatic imine (C=N–C) groups is 1. The van der Waals surface area contributed by atoms with Crippen LogP contribution in [0.25, 0.3) is 0 Å². The molecule has 0 aromatic heterocycles. The Hall–Kier alpha value is -1.92. The van der Waals surface area contributed by atoms with Gasteiger partial charge in [0.05, 0.1) is 6.42 Å². The van der Waals surface area contributed by atoms with Gasteiger partial charge in [-0.2, -0.15) is 0 Å². The van der Waals surface area contributed by atoms with Crippen molar-refractivity contribution in [2.45, 2.75) is 52.4 Å². The number of aliphatic hydroxyl groups is 1. The predicted octanol–water partition coefficient (Wildman–Crippen LogP) is 1.80. The first kappa shape index (κ1) is 19.4. The molecule has 3 N–H and O–H groups in total. The summed E-state index contributed by atoms with van der Waals surface area (Å²) in [7, 11) is 0. The lowest BCUT2D eigenvalue weighted by Gasteiger charge is -2.32. The lowest BCUT2D eigenvalue weighted by molar-refractivity contribution is -0.116. The predicted molar refractivity (Wildman–Crippen MR) is 98.9 cm³/mol. The Labute approximate surface area is 149 Å². The fraction of sp³-hybridized carbons (Fsp3) is 0.579. The maximum atomic E-state index is 11.2. The van der Waals surface area contributed by atoms with Crippen LogP contribution in [0.3, 0.4) is 0 Å². The number of benzene rings is 1. The number of aliphatic hydroxyl groups excluding tert-OH is 1. The molecule has 0 spiro atoms. The minimum absolute atomic E-state index is 0.0871.